The Hall–Kier alpha value is -0.770. The van der Waals surface area contributed by atoms with Crippen LogP contribution in [0.25, 0.3) is 0 Å². The van der Waals surface area contributed by atoms with Gasteiger partial charge in [-0.3, -0.25) is 5.32 Å². The molecule has 15 heavy (non-hydrogen) atoms. The van der Waals surface area contributed by atoms with Crippen LogP contribution < -0.4 is 10.1 Å². The van der Waals surface area contributed by atoms with Crippen LogP contribution in [-0.2, 0) is 4.74 Å². The third kappa shape index (κ3) is 2.84. The number of ether oxygens (including phenoxy) is 2. The molecule has 1 saturated heterocycles. The fraction of sp³-hybridized carbons (Fsp3) is 0.455. The first-order valence-electron chi connectivity index (χ1n) is 4.81. The van der Waals surface area contributed by atoms with E-state index in [1.807, 2.05) is 24.3 Å². The van der Waals surface area contributed by atoms with Gasteiger partial charge in [-0.05, 0) is 24.6 Å². The van der Waals surface area contributed by atoms with E-state index >= 15 is 0 Å². The zero-order valence-electron chi connectivity index (χ0n) is 8.90. The minimum Gasteiger partial charge on any atom is -0.497 e. The summed E-state index contributed by atoms with van der Waals surface area (Å²) in [5, 5.41) is 3.34. The van der Waals surface area contributed by atoms with Crippen LogP contribution in [0.1, 0.15) is 18.7 Å². The van der Waals surface area contributed by atoms with Gasteiger partial charge in [0.2, 0.25) is 0 Å². The van der Waals surface area contributed by atoms with E-state index in [4.69, 9.17) is 9.47 Å². The summed E-state index contributed by atoms with van der Waals surface area (Å²) in [7, 11) is 1.67. The maximum Gasteiger partial charge on any atom is 0.134 e. The zero-order valence-corrected chi connectivity index (χ0v) is 9.71. The molecule has 1 N–H and O–H groups in total. The van der Waals surface area contributed by atoms with Crippen LogP contribution in [0.3, 0.4) is 0 Å². The van der Waals surface area contributed by atoms with Crippen molar-refractivity contribution in [2.45, 2.75) is 19.2 Å². The third-order valence-corrected chi connectivity index (χ3v) is 2.35. The summed E-state index contributed by atoms with van der Waals surface area (Å²) >= 11 is 0. The van der Waals surface area contributed by atoms with E-state index in [2.05, 4.69) is 12.2 Å². The molecule has 2 rings (SSSR count). The summed E-state index contributed by atoms with van der Waals surface area (Å²) in [6, 6.07) is 8.36. The van der Waals surface area contributed by atoms with Crippen molar-refractivity contribution >= 4 is 12.4 Å². The van der Waals surface area contributed by atoms with Crippen LogP contribution in [0.2, 0.25) is 0 Å². The second-order valence-electron chi connectivity index (χ2n) is 3.56. The molecule has 84 valence electrons. The van der Waals surface area contributed by atoms with Crippen molar-refractivity contribution < 1.29 is 9.47 Å². The first-order chi connectivity index (χ1) is 6.79. The predicted octanol–water partition coefficient (Wildman–Crippen LogP) is 2.12. The average molecular weight is 230 g/mol. The van der Waals surface area contributed by atoms with Gasteiger partial charge in [0, 0.05) is 6.04 Å². The summed E-state index contributed by atoms with van der Waals surface area (Å²) < 4.78 is 10.7. The number of rotatable bonds is 2. The summed E-state index contributed by atoms with van der Waals surface area (Å²) in [4.78, 5) is 0. The molecule has 0 saturated carbocycles. The number of hydrogen-bond donors (Lipinski definition) is 1. The third-order valence-electron chi connectivity index (χ3n) is 2.35. The molecule has 2 unspecified atom stereocenters. The van der Waals surface area contributed by atoms with E-state index in [-0.39, 0.29) is 18.6 Å². The van der Waals surface area contributed by atoms with Crippen molar-refractivity contribution in [3.8, 4) is 5.75 Å². The maximum absolute atomic E-state index is 5.58. The highest BCUT2D eigenvalue weighted by molar-refractivity contribution is 5.85. The summed E-state index contributed by atoms with van der Waals surface area (Å²) in [5.41, 5.74) is 1.12. The minimum absolute atomic E-state index is 0. The molecule has 0 aliphatic carbocycles. The van der Waals surface area contributed by atoms with Gasteiger partial charge in [-0.1, -0.05) is 12.1 Å². The monoisotopic (exact) mass is 229 g/mol. The highest BCUT2D eigenvalue weighted by Crippen LogP contribution is 2.23. The van der Waals surface area contributed by atoms with E-state index in [1.165, 1.54) is 0 Å². The Morgan fingerprint density at radius 2 is 2.27 bits per heavy atom. The van der Waals surface area contributed by atoms with Crippen LogP contribution in [-0.4, -0.2) is 19.8 Å². The van der Waals surface area contributed by atoms with E-state index < -0.39 is 0 Å². The van der Waals surface area contributed by atoms with Crippen LogP contribution in [0.15, 0.2) is 24.3 Å². The molecule has 1 aliphatic heterocycles. The number of methoxy groups -OCH3 is 1. The van der Waals surface area contributed by atoms with Crippen molar-refractivity contribution in [1.82, 2.24) is 5.32 Å². The predicted molar refractivity (Wildman–Crippen MR) is 61.5 cm³/mol. The topological polar surface area (TPSA) is 30.5 Å². The molecular weight excluding hydrogens is 214 g/mol. The van der Waals surface area contributed by atoms with E-state index in [1.54, 1.807) is 7.11 Å². The summed E-state index contributed by atoms with van der Waals surface area (Å²) in [6.07, 6.45) is 0.0140. The van der Waals surface area contributed by atoms with Crippen molar-refractivity contribution in [1.29, 1.82) is 0 Å². The van der Waals surface area contributed by atoms with Gasteiger partial charge in [-0.25, -0.2) is 0 Å². The molecule has 0 aromatic heterocycles. The van der Waals surface area contributed by atoms with Crippen molar-refractivity contribution in [2.75, 3.05) is 13.7 Å². The Kier molecular flexibility index (Phi) is 4.39. The first kappa shape index (κ1) is 12.3. The average Bonchev–Trinajstić information content (AvgIpc) is 2.65. The molecule has 4 heteroatoms. The van der Waals surface area contributed by atoms with Gasteiger partial charge in [-0.15, -0.1) is 12.4 Å². The lowest BCUT2D eigenvalue weighted by Crippen LogP contribution is -2.22. The highest BCUT2D eigenvalue weighted by atomic mass is 35.5. The van der Waals surface area contributed by atoms with Crippen molar-refractivity contribution in [2.24, 2.45) is 0 Å². The van der Waals surface area contributed by atoms with Gasteiger partial charge in [-0.2, -0.15) is 0 Å². The lowest BCUT2D eigenvalue weighted by Gasteiger charge is -2.11. The molecule has 0 amide bonds. The molecule has 1 aromatic carbocycles. The number of halogens is 1. The molecule has 1 aromatic rings. The molecule has 3 nitrogen and oxygen atoms in total. The van der Waals surface area contributed by atoms with Gasteiger partial charge >= 0.3 is 0 Å². The largest absolute Gasteiger partial charge is 0.497 e. The molecule has 1 aliphatic rings. The minimum atomic E-state index is 0. The standard InChI is InChI=1S/C11H15NO2.ClH/c1-8-7-14-11(12-8)9-4-3-5-10(6-9)13-2;/h3-6,8,11-12H,7H2,1-2H3;1H. The quantitative estimate of drug-likeness (QED) is 0.843. The van der Waals surface area contributed by atoms with Crippen LogP contribution in [0.4, 0.5) is 0 Å². The van der Waals surface area contributed by atoms with Crippen LogP contribution in [0.5, 0.6) is 5.75 Å². The molecule has 0 spiro atoms. The van der Waals surface area contributed by atoms with Gasteiger partial charge < -0.3 is 9.47 Å². The second kappa shape index (κ2) is 5.35. The number of benzene rings is 1. The lowest BCUT2D eigenvalue weighted by molar-refractivity contribution is 0.101. The lowest BCUT2D eigenvalue weighted by atomic mass is 10.2. The van der Waals surface area contributed by atoms with Crippen LogP contribution in [0, 0.1) is 0 Å². The fourth-order valence-corrected chi connectivity index (χ4v) is 1.59. The highest BCUT2D eigenvalue weighted by Gasteiger charge is 2.22. The maximum atomic E-state index is 5.58. The molecule has 1 fully saturated rings. The Bertz CT molecular complexity index is 319. The summed E-state index contributed by atoms with van der Waals surface area (Å²) in [6.45, 7) is 2.88. The van der Waals surface area contributed by atoms with Gasteiger partial charge in [0.05, 0.1) is 13.7 Å². The van der Waals surface area contributed by atoms with Crippen molar-refractivity contribution in [3.05, 3.63) is 29.8 Å². The zero-order chi connectivity index (χ0) is 9.97. The fourth-order valence-electron chi connectivity index (χ4n) is 1.59. The van der Waals surface area contributed by atoms with Crippen LogP contribution >= 0.6 is 12.4 Å². The first-order valence-corrected chi connectivity index (χ1v) is 4.81. The van der Waals surface area contributed by atoms with E-state index in [0.29, 0.717) is 6.04 Å². The van der Waals surface area contributed by atoms with Gasteiger partial charge in [0.1, 0.15) is 12.0 Å². The Morgan fingerprint density at radius 1 is 1.47 bits per heavy atom. The molecular formula is C11H16ClNO2. The van der Waals surface area contributed by atoms with Gasteiger partial charge in [0.25, 0.3) is 0 Å². The molecule has 1 heterocycles. The molecule has 0 bridgehead atoms. The second-order valence-corrected chi connectivity index (χ2v) is 3.56. The Labute approximate surface area is 96.2 Å². The molecule has 2 atom stereocenters. The number of hydrogen-bond acceptors (Lipinski definition) is 3. The SMILES string of the molecule is COc1cccc(C2NC(C)CO2)c1.Cl. The Balaban J connectivity index is 0.00000112. The number of nitrogens with one attached hydrogen (secondary N) is 1. The smallest absolute Gasteiger partial charge is 0.134 e. The van der Waals surface area contributed by atoms with E-state index in [9.17, 15) is 0 Å². The molecule has 0 radical (unpaired) electrons. The summed E-state index contributed by atoms with van der Waals surface area (Å²) in [5.74, 6) is 0.868. The van der Waals surface area contributed by atoms with E-state index in [0.717, 1.165) is 17.9 Å². The normalized spacial score (nSPS) is 24.7. The Morgan fingerprint density at radius 3 is 2.87 bits per heavy atom. The van der Waals surface area contributed by atoms with Crippen molar-refractivity contribution in [3.63, 3.8) is 0 Å². The van der Waals surface area contributed by atoms with Gasteiger partial charge in [0.15, 0.2) is 0 Å².